The van der Waals surface area contributed by atoms with Gasteiger partial charge < -0.3 is 10.6 Å². The molecule has 2 amide bonds. The fraction of sp³-hybridized carbons (Fsp3) is 0.125. The lowest BCUT2D eigenvalue weighted by atomic mass is 10.0. The van der Waals surface area contributed by atoms with Gasteiger partial charge in [-0.25, -0.2) is 0 Å². The zero-order valence-electron chi connectivity index (χ0n) is 16.5. The standard InChI is InChI=1S/C24H19Cl2N3O2/c25-17-7-10-19(11-8-17)28-24(31)20-14-18(26)9-12-22(20)29-23(30)16-5-3-15(4-6-16)21-2-1-13-27-21/h3-12,14H,1-2,13H2,(H,28,31)(H,29,30). The van der Waals surface area contributed by atoms with Crippen molar-refractivity contribution in [2.45, 2.75) is 12.8 Å². The van der Waals surface area contributed by atoms with Crippen LogP contribution in [-0.4, -0.2) is 24.1 Å². The summed E-state index contributed by atoms with van der Waals surface area (Å²) < 4.78 is 0. The number of aliphatic imine (C=N–C) groups is 1. The number of hydrogen-bond donors (Lipinski definition) is 2. The van der Waals surface area contributed by atoms with Gasteiger partial charge in [0.05, 0.1) is 11.3 Å². The lowest BCUT2D eigenvalue weighted by molar-refractivity contribution is 0.102. The first-order valence-corrected chi connectivity index (χ1v) is 10.6. The minimum atomic E-state index is -0.394. The van der Waals surface area contributed by atoms with Crippen LogP contribution in [0.2, 0.25) is 10.0 Å². The molecule has 156 valence electrons. The van der Waals surface area contributed by atoms with Crippen LogP contribution in [0.1, 0.15) is 39.1 Å². The molecule has 0 unspecified atom stereocenters. The van der Waals surface area contributed by atoms with Crippen LogP contribution in [-0.2, 0) is 0 Å². The number of nitrogens with one attached hydrogen (secondary N) is 2. The summed E-state index contributed by atoms with van der Waals surface area (Å²) in [5, 5.41) is 6.55. The normalized spacial score (nSPS) is 12.9. The largest absolute Gasteiger partial charge is 0.322 e. The second-order valence-corrected chi connectivity index (χ2v) is 7.99. The third-order valence-electron chi connectivity index (χ3n) is 4.93. The molecular formula is C24H19Cl2N3O2. The first-order valence-electron chi connectivity index (χ1n) is 9.81. The van der Waals surface area contributed by atoms with Gasteiger partial charge in [0.2, 0.25) is 0 Å². The van der Waals surface area contributed by atoms with E-state index in [-0.39, 0.29) is 11.5 Å². The molecule has 0 aliphatic carbocycles. The van der Waals surface area contributed by atoms with E-state index in [4.69, 9.17) is 23.2 Å². The van der Waals surface area contributed by atoms with Crippen molar-refractivity contribution in [3.8, 4) is 0 Å². The molecule has 3 aromatic carbocycles. The number of amides is 2. The van der Waals surface area contributed by atoms with Crippen molar-refractivity contribution in [3.63, 3.8) is 0 Å². The van der Waals surface area contributed by atoms with Crippen molar-refractivity contribution in [3.05, 3.63) is 93.5 Å². The molecule has 1 aliphatic rings. The Morgan fingerprint density at radius 1 is 0.806 bits per heavy atom. The van der Waals surface area contributed by atoms with Crippen molar-refractivity contribution >= 4 is 52.1 Å². The van der Waals surface area contributed by atoms with Crippen molar-refractivity contribution < 1.29 is 9.59 Å². The van der Waals surface area contributed by atoms with Crippen LogP contribution < -0.4 is 10.6 Å². The van der Waals surface area contributed by atoms with E-state index < -0.39 is 5.91 Å². The molecule has 0 saturated carbocycles. The number of benzene rings is 3. The molecule has 3 aromatic rings. The van der Waals surface area contributed by atoms with Crippen molar-refractivity contribution in [1.29, 1.82) is 0 Å². The molecule has 0 saturated heterocycles. The Morgan fingerprint density at radius 2 is 1.52 bits per heavy atom. The Kier molecular flexibility index (Phi) is 6.35. The van der Waals surface area contributed by atoms with E-state index in [2.05, 4.69) is 15.6 Å². The Balaban J connectivity index is 1.52. The zero-order valence-corrected chi connectivity index (χ0v) is 18.0. The molecule has 31 heavy (non-hydrogen) atoms. The minimum absolute atomic E-state index is 0.257. The van der Waals surface area contributed by atoms with Gasteiger partial charge in [0.1, 0.15) is 0 Å². The SMILES string of the molecule is O=C(Nc1ccc(Cl)cc1C(=O)Nc1ccc(Cl)cc1)c1ccc(C2=NCCC2)cc1. The van der Waals surface area contributed by atoms with Gasteiger partial charge in [-0.15, -0.1) is 0 Å². The Hall–Kier alpha value is -3.15. The molecule has 0 spiro atoms. The zero-order chi connectivity index (χ0) is 21.8. The van der Waals surface area contributed by atoms with Crippen molar-refractivity contribution in [2.24, 2.45) is 4.99 Å². The smallest absolute Gasteiger partial charge is 0.257 e. The van der Waals surface area contributed by atoms with Gasteiger partial charge in [-0.2, -0.15) is 0 Å². The van der Waals surface area contributed by atoms with E-state index in [1.165, 1.54) is 6.07 Å². The number of carbonyl (C=O) groups excluding carboxylic acids is 2. The van der Waals surface area contributed by atoms with Crippen LogP contribution in [0.4, 0.5) is 11.4 Å². The summed E-state index contributed by atoms with van der Waals surface area (Å²) in [6.07, 6.45) is 2.03. The molecule has 1 aliphatic heterocycles. The molecule has 0 radical (unpaired) electrons. The van der Waals surface area contributed by atoms with Gasteiger partial charge in [0, 0.05) is 33.6 Å². The molecule has 7 heteroatoms. The summed E-state index contributed by atoms with van der Waals surface area (Å²) >= 11 is 12.0. The average molecular weight is 452 g/mol. The highest BCUT2D eigenvalue weighted by molar-refractivity contribution is 6.31. The Bertz CT molecular complexity index is 1160. The molecule has 0 aromatic heterocycles. The minimum Gasteiger partial charge on any atom is -0.322 e. The molecule has 0 atom stereocenters. The van der Waals surface area contributed by atoms with E-state index >= 15 is 0 Å². The highest BCUT2D eigenvalue weighted by Crippen LogP contribution is 2.24. The summed E-state index contributed by atoms with van der Waals surface area (Å²) in [6.45, 7) is 0.856. The maximum Gasteiger partial charge on any atom is 0.257 e. The number of rotatable bonds is 5. The maximum absolute atomic E-state index is 12.8. The van der Waals surface area contributed by atoms with Crippen LogP contribution in [0.3, 0.4) is 0 Å². The second kappa shape index (κ2) is 9.33. The van der Waals surface area contributed by atoms with Gasteiger partial charge in [0.15, 0.2) is 0 Å². The number of carbonyl (C=O) groups is 2. The van der Waals surface area contributed by atoms with Gasteiger partial charge >= 0.3 is 0 Å². The van der Waals surface area contributed by atoms with Crippen LogP contribution in [0, 0.1) is 0 Å². The molecule has 1 heterocycles. The van der Waals surface area contributed by atoms with E-state index in [1.54, 1.807) is 48.5 Å². The van der Waals surface area contributed by atoms with E-state index in [0.717, 1.165) is 30.7 Å². The van der Waals surface area contributed by atoms with Crippen LogP contribution in [0.15, 0.2) is 71.7 Å². The number of anilines is 2. The van der Waals surface area contributed by atoms with Crippen LogP contribution >= 0.6 is 23.2 Å². The van der Waals surface area contributed by atoms with Gasteiger partial charge in [-0.3, -0.25) is 14.6 Å². The maximum atomic E-state index is 12.8. The highest BCUT2D eigenvalue weighted by Gasteiger charge is 2.16. The van der Waals surface area contributed by atoms with Gasteiger partial charge in [-0.1, -0.05) is 35.3 Å². The molecule has 0 bridgehead atoms. The summed E-state index contributed by atoms with van der Waals surface area (Å²) in [5.41, 5.74) is 3.80. The van der Waals surface area contributed by atoms with Crippen molar-refractivity contribution in [1.82, 2.24) is 0 Å². The summed E-state index contributed by atoms with van der Waals surface area (Å²) in [5.74, 6) is -0.711. The third-order valence-corrected chi connectivity index (χ3v) is 5.42. The predicted octanol–water partition coefficient (Wildman–Crippen LogP) is 6.08. The lowest BCUT2D eigenvalue weighted by Gasteiger charge is -2.12. The quantitative estimate of drug-likeness (QED) is 0.493. The fourth-order valence-corrected chi connectivity index (χ4v) is 3.63. The summed E-state index contributed by atoms with van der Waals surface area (Å²) in [4.78, 5) is 30.1. The summed E-state index contributed by atoms with van der Waals surface area (Å²) in [7, 11) is 0. The van der Waals surface area contributed by atoms with Gasteiger partial charge in [0.25, 0.3) is 11.8 Å². The summed E-state index contributed by atoms with van der Waals surface area (Å²) in [6, 6.07) is 18.8. The monoisotopic (exact) mass is 451 g/mol. The Labute approximate surface area is 190 Å². The van der Waals surface area contributed by atoms with E-state index in [0.29, 0.717) is 27.0 Å². The topological polar surface area (TPSA) is 70.6 Å². The molecule has 4 rings (SSSR count). The highest BCUT2D eigenvalue weighted by atomic mass is 35.5. The van der Waals surface area contributed by atoms with E-state index in [1.807, 2.05) is 12.1 Å². The average Bonchev–Trinajstić information content (AvgIpc) is 3.31. The second-order valence-electron chi connectivity index (χ2n) is 7.11. The Morgan fingerprint density at radius 3 is 2.19 bits per heavy atom. The number of hydrogen-bond acceptors (Lipinski definition) is 3. The number of halogens is 2. The third kappa shape index (κ3) is 5.13. The predicted molar refractivity (Wildman–Crippen MR) is 126 cm³/mol. The molecule has 2 N–H and O–H groups in total. The first kappa shape index (κ1) is 21.1. The number of nitrogens with zero attached hydrogens (tertiary/aromatic N) is 1. The van der Waals surface area contributed by atoms with Crippen LogP contribution in [0.25, 0.3) is 0 Å². The van der Waals surface area contributed by atoms with Crippen molar-refractivity contribution in [2.75, 3.05) is 17.2 Å². The lowest BCUT2D eigenvalue weighted by Crippen LogP contribution is -2.18. The molecule has 5 nitrogen and oxygen atoms in total. The van der Waals surface area contributed by atoms with Gasteiger partial charge in [-0.05, 0) is 73.0 Å². The molecular weight excluding hydrogens is 433 g/mol. The molecule has 0 fully saturated rings. The fourth-order valence-electron chi connectivity index (χ4n) is 3.33. The van der Waals surface area contributed by atoms with E-state index in [9.17, 15) is 9.59 Å². The first-order chi connectivity index (χ1) is 15.0. The van der Waals surface area contributed by atoms with Crippen LogP contribution in [0.5, 0.6) is 0 Å².